The summed E-state index contributed by atoms with van der Waals surface area (Å²) in [5.41, 5.74) is -0.0351. The monoisotopic (exact) mass is 225 g/mol. The van der Waals surface area contributed by atoms with Crippen LogP contribution in [0.25, 0.3) is 0 Å². The van der Waals surface area contributed by atoms with Gasteiger partial charge in [-0.3, -0.25) is 0 Å². The SMILES string of the molecule is C=C(F)/C=C\C(=C/C)C1(O)CCN(C)CC1. The lowest BCUT2D eigenvalue weighted by molar-refractivity contribution is 0.0191. The van der Waals surface area contributed by atoms with Gasteiger partial charge < -0.3 is 10.0 Å². The standard InChI is InChI=1S/C13H20FNO/c1-4-12(6-5-11(2)14)13(16)7-9-15(3)10-8-13/h4-6,16H,2,7-10H2,1,3H3/b6-5-,12-4+. The first-order chi connectivity index (χ1) is 7.48. The maximum Gasteiger partial charge on any atom is 0.116 e. The first kappa shape index (κ1) is 13.1. The summed E-state index contributed by atoms with van der Waals surface area (Å²) in [4.78, 5) is 2.18. The molecule has 0 atom stereocenters. The molecular weight excluding hydrogens is 205 g/mol. The van der Waals surface area contributed by atoms with Crippen LogP contribution in [0.3, 0.4) is 0 Å². The summed E-state index contributed by atoms with van der Waals surface area (Å²) >= 11 is 0. The van der Waals surface area contributed by atoms with Crippen LogP contribution in [0.5, 0.6) is 0 Å². The van der Waals surface area contributed by atoms with E-state index in [9.17, 15) is 9.50 Å². The van der Waals surface area contributed by atoms with E-state index in [4.69, 9.17) is 0 Å². The summed E-state index contributed by atoms with van der Waals surface area (Å²) in [6.07, 6.45) is 6.13. The van der Waals surface area contributed by atoms with E-state index in [1.807, 2.05) is 20.0 Å². The Kier molecular flexibility index (Phi) is 4.44. The highest BCUT2D eigenvalue weighted by atomic mass is 19.1. The third-order valence-corrected chi connectivity index (χ3v) is 3.11. The van der Waals surface area contributed by atoms with Crippen molar-refractivity contribution < 1.29 is 9.50 Å². The molecule has 1 heterocycles. The number of hydrogen-bond acceptors (Lipinski definition) is 2. The molecule has 0 bridgehead atoms. The molecule has 1 N–H and O–H groups in total. The Morgan fingerprint density at radius 1 is 1.38 bits per heavy atom. The van der Waals surface area contributed by atoms with E-state index in [-0.39, 0.29) is 0 Å². The minimum atomic E-state index is -0.812. The van der Waals surface area contributed by atoms with Crippen LogP contribution in [0.1, 0.15) is 19.8 Å². The van der Waals surface area contributed by atoms with E-state index < -0.39 is 11.4 Å². The van der Waals surface area contributed by atoms with E-state index in [0.717, 1.165) is 18.7 Å². The third-order valence-electron chi connectivity index (χ3n) is 3.11. The summed E-state index contributed by atoms with van der Waals surface area (Å²) in [5, 5.41) is 10.5. The molecule has 16 heavy (non-hydrogen) atoms. The first-order valence-corrected chi connectivity index (χ1v) is 5.58. The molecule has 0 spiro atoms. The van der Waals surface area contributed by atoms with E-state index in [1.54, 1.807) is 6.08 Å². The maximum atomic E-state index is 12.6. The quantitative estimate of drug-likeness (QED) is 0.746. The lowest BCUT2D eigenvalue weighted by Crippen LogP contribution is -2.43. The van der Waals surface area contributed by atoms with Crippen LogP contribution in [0.4, 0.5) is 4.39 Å². The highest BCUT2D eigenvalue weighted by molar-refractivity contribution is 5.31. The molecule has 0 aliphatic carbocycles. The molecule has 0 unspecified atom stereocenters. The minimum Gasteiger partial charge on any atom is -0.385 e. The predicted molar refractivity (Wildman–Crippen MR) is 64.8 cm³/mol. The van der Waals surface area contributed by atoms with Crippen molar-refractivity contribution in [1.82, 2.24) is 4.90 Å². The van der Waals surface area contributed by atoms with Gasteiger partial charge in [0.2, 0.25) is 0 Å². The van der Waals surface area contributed by atoms with Crippen molar-refractivity contribution in [1.29, 1.82) is 0 Å². The van der Waals surface area contributed by atoms with Crippen molar-refractivity contribution in [3.8, 4) is 0 Å². The Bertz CT molecular complexity index is 312. The lowest BCUT2D eigenvalue weighted by Gasteiger charge is -2.37. The summed E-state index contributed by atoms with van der Waals surface area (Å²) in [7, 11) is 2.04. The van der Waals surface area contributed by atoms with Gasteiger partial charge in [0.15, 0.2) is 0 Å². The van der Waals surface area contributed by atoms with Gasteiger partial charge in [-0.25, -0.2) is 4.39 Å². The Balaban J connectivity index is 2.76. The van der Waals surface area contributed by atoms with Crippen LogP contribution in [0.15, 0.2) is 36.2 Å². The predicted octanol–water partition coefficient (Wildman–Crippen LogP) is 2.43. The molecule has 90 valence electrons. The Morgan fingerprint density at radius 3 is 2.38 bits per heavy atom. The molecule has 2 nitrogen and oxygen atoms in total. The van der Waals surface area contributed by atoms with Gasteiger partial charge in [-0.05, 0) is 38.5 Å². The molecule has 0 saturated carbocycles. The van der Waals surface area contributed by atoms with E-state index >= 15 is 0 Å². The largest absolute Gasteiger partial charge is 0.385 e. The molecule has 0 radical (unpaired) electrons. The number of piperidine rings is 1. The number of halogens is 1. The van der Waals surface area contributed by atoms with Crippen LogP contribution >= 0.6 is 0 Å². The summed E-state index contributed by atoms with van der Waals surface area (Å²) in [6, 6.07) is 0. The smallest absolute Gasteiger partial charge is 0.116 e. The normalized spacial score (nSPS) is 22.6. The molecular formula is C13H20FNO. The van der Waals surface area contributed by atoms with Crippen LogP contribution in [0.2, 0.25) is 0 Å². The van der Waals surface area contributed by atoms with E-state index in [2.05, 4.69) is 11.5 Å². The van der Waals surface area contributed by atoms with Crippen molar-refractivity contribution in [2.24, 2.45) is 0 Å². The van der Waals surface area contributed by atoms with Gasteiger partial charge in [0.05, 0.1) is 5.60 Å². The fourth-order valence-electron chi connectivity index (χ4n) is 1.98. The summed E-state index contributed by atoms with van der Waals surface area (Å²) in [5.74, 6) is -0.490. The molecule has 1 saturated heterocycles. The third kappa shape index (κ3) is 3.29. The number of likely N-dealkylation sites (tertiary alicyclic amines) is 1. The van der Waals surface area contributed by atoms with Crippen LogP contribution < -0.4 is 0 Å². The Morgan fingerprint density at radius 2 is 1.94 bits per heavy atom. The highest BCUT2D eigenvalue weighted by Gasteiger charge is 2.33. The molecule has 1 rings (SSSR count). The number of nitrogens with zero attached hydrogens (tertiary/aromatic N) is 1. The van der Waals surface area contributed by atoms with Gasteiger partial charge in [0, 0.05) is 13.1 Å². The molecule has 0 aromatic carbocycles. The van der Waals surface area contributed by atoms with Crippen LogP contribution in [-0.4, -0.2) is 35.7 Å². The highest BCUT2D eigenvalue weighted by Crippen LogP contribution is 2.30. The Hall–Kier alpha value is -0.930. The van der Waals surface area contributed by atoms with Crippen molar-refractivity contribution in [3.63, 3.8) is 0 Å². The van der Waals surface area contributed by atoms with Crippen molar-refractivity contribution in [2.45, 2.75) is 25.4 Å². The second kappa shape index (κ2) is 5.41. The van der Waals surface area contributed by atoms with Gasteiger partial charge in [0.1, 0.15) is 5.83 Å². The van der Waals surface area contributed by atoms with E-state index in [1.165, 1.54) is 6.08 Å². The molecule has 0 aromatic rings. The van der Waals surface area contributed by atoms with Gasteiger partial charge in [-0.15, -0.1) is 0 Å². The number of aliphatic hydroxyl groups is 1. The molecule has 1 aliphatic heterocycles. The molecule has 1 fully saturated rings. The fraction of sp³-hybridized carbons (Fsp3) is 0.538. The van der Waals surface area contributed by atoms with E-state index in [0.29, 0.717) is 12.8 Å². The van der Waals surface area contributed by atoms with Crippen LogP contribution in [-0.2, 0) is 0 Å². The first-order valence-electron chi connectivity index (χ1n) is 5.58. The Labute approximate surface area is 96.8 Å². The zero-order valence-corrected chi connectivity index (χ0v) is 10.0. The zero-order chi connectivity index (χ0) is 12.2. The van der Waals surface area contributed by atoms with Gasteiger partial charge in [0.25, 0.3) is 0 Å². The van der Waals surface area contributed by atoms with Gasteiger partial charge >= 0.3 is 0 Å². The molecule has 0 aromatic heterocycles. The van der Waals surface area contributed by atoms with Crippen molar-refractivity contribution in [2.75, 3.05) is 20.1 Å². The zero-order valence-electron chi connectivity index (χ0n) is 10.0. The second-order valence-corrected chi connectivity index (χ2v) is 4.36. The second-order valence-electron chi connectivity index (χ2n) is 4.36. The minimum absolute atomic E-state index is 0.490. The average Bonchev–Trinajstić information content (AvgIpc) is 2.23. The molecule has 1 aliphatic rings. The number of hydrogen-bond donors (Lipinski definition) is 1. The lowest BCUT2D eigenvalue weighted by atomic mass is 9.83. The number of rotatable bonds is 3. The maximum absolute atomic E-state index is 12.6. The molecule has 0 amide bonds. The summed E-state index contributed by atoms with van der Waals surface area (Å²) in [6.45, 7) is 6.75. The van der Waals surface area contributed by atoms with Crippen molar-refractivity contribution >= 4 is 0 Å². The van der Waals surface area contributed by atoms with Crippen molar-refractivity contribution in [3.05, 3.63) is 36.2 Å². The summed E-state index contributed by atoms with van der Waals surface area (Å²) < 4.78 is 12.6. The topological polar surface area (TPSA) is 23.5 Å². The molecule has 3 heteroatoms. The average molecular weight is 225 g/mol. The van der Waals surface area contributed by atoms with Gasteiger partial charge in [-0.1, -0.05) is 18.7 Å². The van der Waals surface area contributed by atoms with Gasteiger partial charge in [-0.2, -0.15) is 0 Å². The fourth-order valence-corrected chi connectivity index (χ4v) is 1.98. The number of allylic oxidation sites excluding steroid dienone is 3. The van der Waals surface area contributed by atoms with Crippen LogP contribution in [0, 0.1) is 0 Å².